The molecule has 9 nitrogen and oxygen atoms in total. The van der Waals surface area contributed by atoms with Crippen LogP contribution in [0.25, 0.3) is 86.2 Å². The predicted molar refractivity (Wildman–Crippen MR) is 224 cm³/mol. The van der Waals surface area contributed by atoms with E-state index in [9.17, 15) is 28.8 Å². The molecule has 3 aromatic heterocycles. The van der Waals surface area contributed by atoms with E-state index in [0.717, 1.165) is 62.1 Å². The number of hydrogen-bond acceptors (Lipinski definition) is 7. The zero-order valence-corrected chi connectivity index (χ0v) is 31.9. The summed E-state index contributed by atoms with van der Waals surface area (Å²) in [6.45, 7) is 8.36. The summed E-state index contributed by atoms with van der Waals surface area (Å²) in [6, 6.07) is 10.1. The fourth-order valence-corrected chi connectivity index (χ4v) is 10.00. The Morgan fingerprint density at radius 3 is 1.05 bits per heavy atom. The lowest BCUT2D eigenvalue weighted by atomic mass is 9.81. The molecule has 9 rings (SSSR count). The van der Waals surface area contributed by atoms with Crippen LogP contribution in [0.3, 0.4) is 0 Å². The molecule has 0 N–H and O–H groups in total. The first-order valence-electron chi connectivity index (χ1n) is 20.2. The van der Waals surface area contributed by atoms with Crippen LogP contribution in [0.4, 0.5) is 0 Å². The summed E-state index contributed by atoms with van der Waals surface area (Å²) in [5, 5.41) is 7.37. The van der Waals surface area contributed by atoms with Gasteiger partial charge in [0.05, 0.1) is 10.8 Å². The number of furan rings is 1. The van der Waals surface area contributed by atoms with Gasteiger partial charge in [0.2, 0.25) is 0 Å². The average Bonchev–Trinajstić information content (AvgIpc) is 3.49. The lowest BCUT2D eigenvalue weighted by Crippen LogP contribution is -2.37. The largest absolute Gasteiger partial charge is 0.386 e. The average molecular weight is 737 g/mol. The highest BCUT2D eigenvalue weighted by atomic mass is 16.4. The number of benzene rings is 6. The van der Waals surface area contributed by atoms with Gasteiger partial charge in [-0.05, 0) is 93.0 Å². The van der Waals surface area contributed by atoms with Crippen molar-refractivity contribution in [2.45, 2.75) is 117 Å². The second-order valence-corrected chi connectivity index (χ2v) is 15.8. The topological polar surface area (TPSA) is 125 Å². The van der Waals surface area contributed by atoms with Crippen molar-refractivity contribution in [2.75, 3.05) is 0 Å². The Labute approximate surface area is 314 Å². The quantitative estimate of drug-likeness (QED) is 0.0805. The maximum Gasteiger partial charge on any atom is 0.347 e. The first-order valence-corrected chi connectivity index (χ1v) is 20.2. The molecule has 0 aliphatic rings. The van der Waals surface area contributed by atoms with Crippen LogP contribution in [0.1, 0.15) is 117 Å². The SMILES string of the molecule is CCCCC(CCCC)n1c(=O)c2ccc3c4ccc5c(=O)n(C(CCCC)CCCC)c(=O)c6cc7c8c(=O)oc(=O)c8c8cc(c1=O)c2c3c8c7c4c56. The molecule has 0 saturated carbocycles. The van der Waals surface area contributed by atoms with E-state index in [1.54, 1.807) is 24.3 Å². The van der Waals surface area contributed by atoms with E-state index in [4.69, 9.17) is 4.42 Å². The molecule has 9 aromatic rings. The number of rotatable bonds is 14. The second kappa shape index (κ2) is 13.1. The maximum absolute atomic E-state index is 14.7. The van der Waals surface area contributed by atoms with Crippen molar-refractivity contribution in [2.24, 2.45) is 0 Å². The van der Waals surface area contributed by atoms with Gasteiger partial charge < -0.3 is 4.42 Å². The normalized spacial score (nSPS) is 12.9. The summed E-state index contributed by atoms with van der Waals surface area (Å²) in [7, 11) is 0. The van der Waals surface area contributed by atoms with E-state index in [-0.39, 0.29) is 34.0 Å². The third-order valence-corrected chi connectivity index (χ3v) is 12.6. The third kappa shape index (κ3) is 4.77. The van der Waals surface area contributed by atoms with Crippen molar-refractivity contribution in [1.82, 2.24) is 9.13 Å². The monoisotopic (exact) mass is 736 g/mol. The second-order valence-electron chi connectivity index (χ2n) is 15.8. The molecule has 0 spiro atoms. The lowest BCUT2D eigenvalue weighted by molar-refractivity contribution is 0.394. The van der Waals surface area contributed by atoms with Gasteiger partial charge in [0.25, 0.3) is 22.2 Å². The van der Waals surface area contributed by atoms with Crippen LogP contribution in [-0.4, -0.2) is 9.13 Å². The molecule has 55 heavy (non-hydrogen) atoms. The predicted octanol–water partition coefficient (Wildman–Crippen LogP) is 9.30. The zero-order chi connectivity index (χ0) is 38.4. The minimum Gasteiger partial charge on any atom is -0.386 e. The van der Waals surface area contributed by atoms with Crippen LogP contribution in [0.5, 0.6) is 0 Å². The summed E-state index contributed by atoms with van der Waals surface area (Å²) >= 11 is 0. The van der Waals surface area contributed by atoms with E-state index in [1.807, 2.05) is 12.1 Å². The van der Waals surface area contributed by atoms with Crippen molar-refractivity contribution < 1.29 is 4.42 Å². The minimum absolute atomic E-state index is 0.0536. The fourth-order valence-electron chi connectivity index (χ4n) is 10.00. The molecule has 3 heterocycles. The molecular weight excluding hydrogens is 693 g/mol. The minimum atomic E-state index is -0.818. The highest BCUT2D eigenvalue weighted by Crippen LogP contribution is 2.50. The number of aromatic nitrogens is 2. The van der Waals surface area contributed by atoms with Gasteiger partial charge in [-0.2, -0.15) is 0 Å². The van der Waals surface area contributed by atoms with Crippen molar-refractivity contribution in [3.8, 4) is 0 Å². The Bertz CT molecular complexity index is 3070. The van der Waals surface area contributed by atoms with Gasteiger partial charge in [-0.1, -0.05) is 91.2 Å². The molecule has 280 valence electrons. The van der Waals surface area contributed by atoms with E-state index in [0.29, 0.717) is 90.3 Å². The summed E-state index contributed by atoms with van der Waals surface area (Å²) in [5.41, 5.74) is -3.12. The Morgan fingerprint density at radius 2 is 0.709 bits per heavy atom. The first-order chi connectivity index (χ1) is 26.7. The van der Waals surface area contributed by atoms with Crippen LogP contribution in [0.2, 0.25) is 0 Å². The molecule has 0 atom stereocenters. The first kappa shape index (κ1) is 35.3. The summed E-state index contributed by atoms with van der Waals surface area (Å²) < 4.78 is 8.17. The molecule has 0 saturated heterocycles. The molecule has 0 amide bonds. The Balaban J connectivity index is 1.51. The highest BCUT2D eigenvalue weighted by molar-refractivity contribution is 6.48. The maximum atomic E-state index is 14.7. The number of fused-ring (bicyclic) bond motifs is 4. The summed E-state index contributed by atoms with van der Waals surface area (Å²) in [6.07, 6.45) is 9.99. The molecule has 6 aromatic carbocycles. The Hall–Kier alpha value is -5.44. The molecule has 0 fully saturated rings. The molecule has 9 heteroatoms. The van der Waals surface area contributed by atoms with Gasteiger partial charge in [0, 0.05) is 44.4 Å². The molecular formula is C46H44N2O7. The van der Waals surface area contributed by atoms with Crippen molar-refractivity contribution >= 4 is 86.2 Å². The number of hydrogen-bond donors (Lipinski definition) is 0. The van der Waals surface area contributed by atoms with Crippen molar-refractivity contribution in [1.29, 1.82) is 0 Å². The highest BCUT2D eigenvalue weighted by Gasteiger charge is 2.31. The van der Waals surface area contributed by atoms with Gasteiger partial charge in [-0.3, -0.25) is 28.3 Å². The molecule has 0 bridgehead atoms. The fraction of sp³-hybridized carbons (Fsp3) is 0.391. The van der Waals surface area contributed by atoms with Gasteiger partial charge >= 0.3 is 11.3 Å². The van der Waals surface area contributed by atoms with Crippen molar-refractivity contribution in [3.05, 3.63) is 98.7 Å². The van der Waals surface area contributed by atoms with Gasteiger partial charge in [0.15, 0.2) is 0 Å². The Kier molecular flexibility index (Phi) is 8.40. The summed E-state index contributed by atoms with van der Waals surface area (Å²) in [4.78, 5) is 85.9. The van der Waals surface area contributed by atoms with Crippen molar-refractivity contribution in [3.63, 3.8) is 0 Å². The van der Waals surface area contributed by atoms with E-state index in [2.05, 4.69) is 27.7 Å². The molecule has 0 aliphatic heterocycles. The number of pyridine rings is 2. The smallest absolute Gasteiger partial charge is 0.347 e. The molecule has 0 aliphatic carbocycles. The standard InChI is InChI=1S/C46H44N2O7/c1-5-9-13-23(14-10-6-2)47-41(49)27-19-17-25-26-18-20-28-34-32(44(52)48(42(28)50)24(15-11-7-3)16-12-8-4)22-30-38(36(26)34)37-29(39-40(30)46(54)55-45(39)53)21-31(43(47)51)33(27)35(25)37/h17-24H,5-16H2,1-4H3. The molecule has 0 unspecified atom stereocenters. The zero-order valence-electron chi connectivity index (χ0n) is 31.9. The third-order valence-electron chi connectivity index (χ3n) is 12.6. The van der Waals surface area contributed by atoms with E-state index >= 15 is 0 Å². The van der Waals surface area contributed by atoms with Gasteiger partial charge in [-0.15, -0.1) is 0 Å². The van der Waals surface area contributed by atoms with E-state index in [1.165, 1.54) is 9.13 Å². The number of unbranched alkanes of at least 4 members (excludes halogenated alkanes) is 4. The van der Waals surface area contributed by atoms with Crippen LogP contribution < -0.4 is 33.5 Å². The van der Waals surface area contributed by atoms with Crippen LogP contribution in [-0.2, 0) is 0 Å². The van der Waals surface area contributed by atoms with Crippen LogP contribution in [0, 0.1) is 0 Å². The van der Waals surface area contributed by atoms with Crippen LogP contribution >= 0.6 is 0 Å². The number of nitrogens with zero attached hydrogens (tertiary/aromatic N) is 2. The van der Waals surface area contributed by atoms with Gasteiger partial charge in [0.1, 0.15) is 0 Å². The van der Waals surface area contributed by atoms with Crippen LogP contribution in [0.15, 0.2) is 69.6 Å². The lowest BCUT2D eigenvalue weighted by Gasteiger charge is -2.24. The molecule has 0 radical (unpaired) electrons. The van der Waals surface area contributed by atoms with Gasteiger partial charge in [-0.25, -0.2) is 9.59 Å². The Morgan fingerprint density at radius 1 is 0.400 bits per heavy atom. The summed E-state index contributed by atoms with van der Waals surface area (Å²) in [5.74, 6) is 0. The van der Waals surface area contributed by atoms with E-state index < -0.39 is 22.4 Å².